The molecule has 0 saturated heterocycles. The molecule has 2 rings (SSSR count). The van der Waals surface area contributed by atoms with Crippen LogP contribution in [-0.4, -0.2) is 5.91 Å². The molecule has 0 heterocycles. The van der Waals surface area contributed by atoms with Gasteiger partial charge < -0.3 is 11.1 Å². The van der Waals surface area contributed by atoms with E-state index in [-0.39, 0.29) is 17.9 Å². The second kappa shape index (κ2) is 5.48. The molecular weight excluding hydrogens is 250 g/mol. The predicted octanol–water partition coefficient (Wildman–Crippen LogP) is 2.73. The Balaban J connectivity index is 2.03. The summed E-state index contributed by atoms with van der Waals surface area (Å²) in [5.74, 6) is -1.78. The molecule has 0 spiro atoms. The van der Waals surface area contributed by atoms with Crippen LogP contribution in [0.15, 0.2) is 42.5 Å². The van der Waals surface area contributed by atoms with Crippen LogP contribution < -0.4 is 11.1 Å². The van der Waals surface area contributed by atoms with E-state index in [1.807, 2.05) is 0 Å². The SMILES string of the molecule is Nc1ccc(NC(=O)Cc2ccc(F)cc2F)cc1. The molecule has 3 nitrogen and oxygen atoms in total. The van der Waals surface area contributed by atoms with Crippen molar-refractivity contribution >= 4 is 17.3 Å². The highest BCUT2D eigenvalue weighted by atomic mass is 19.1. The lowest BCUT2D eigenvalue weighted by molar-refractivity contribution is -0.115. The molecule has 0 aliphatic rings. The van der Waals surface area contributed by atoms with Crippen LogP contribution >= 0.6 is 0 Å². The van der Waals surface area contributed by atoms with Crippen LogP contribution in [-0.2, 0) is 11.2 Å². The highest BCUT2D eigenvalue weighted by molar-refractivity contribution is 5.92. The third kappa shape index (κ3) is 3.51. The number of hydrogen-bond acceptors (Lipinski definition) is 2. The first-order valence-corrected chi connectivity index (χ1v) is 5.64. The van der Waals surface area contributed by atoms with E-state index in [0.29, 0.717) is 11.4 Å². The fourth-order valence-corrected chi connectivity index (χ4v) is 1.61. The van der Waals surface area contributed by atoms with E-state index < -0.39 is 11.6 Å². The number of carbonyl (C=O) groups is 1. The van der Waals surface area contributed by atoms with Crippen molar-refractivity contribution in [3.63, 3.8) is 0 Å². The van der Waals surface area contributed by atoms with Gasteiger partial charge in [-0.3, -0.25) is 4.79 Å². The van der Waals surface area contributed by atoms with Gasteiger partial charge in [0, 0.05) is 17.4 Å². The van der Waals surface area contributed by atoms with E-state index in [1.54, 1.807) is 24.3 Å². The van der Waals surface area contributed by atoms with Crippen LogP contribution in [0, 0.1) is 11.6 Å². The Morgan fingerprint density at radius 3 is 2.42 bits per heavy atom. The lowest BCUT2D eigenvalue weighted by Gasteiger charge is -2.06. The number of rotatable bonds is 3. The number of nitrogens with two attached hydrogens (primary N) is 1. The van der Waals surface area contributed by atoms with Crippen molar-refractivity contribution in [1.82, 2.24) is 0 Å². The van der Waals surface area contributed by atoms with E-state index in [0.717, 1.165) is 12.1 Å². The van der Waals surface area contributed by atoms with E-state index in [1.165, 1.54) is 6.07 Å². The van der Waals surface area contributed by atoms with Gasteiger partial charge in [-0.25, -0.2) is 8.78 Å². The molecule has 0 aliphatic carbocycles. The number of carbonyl (C=O) groups excluding carboxylic acids is 1. The monoisotopic (exact) mass is 262 g/mol. The minimum Gasteiger partial charge on any atom is -0.399 e. The zero-order valence-corrected chi connectivity index (χ0v) is 9.99. The average molecular weight is 262 g/mol. The summed E-state index contributed by atoms with van der Waals surface area (Å²) >= 11 is 0. The quantitative estimate of drug-likeness (QED) is 0.836. The Kier molecular flexibility index (Phi) is 3.75. The van der Waals surface area contributed by atoms with Gasteiger partial charge in [0.1, 0.15) is 11.6 Å². The summed E-state index contributed by atoms with van der Waals surface area (Å²) in [6.45, 7) is 0. The summed E-state index contributed by atoms with van der Waals surface area (Å²) in [5, 5.41) is 2.60. The molecule has 0 saturated carbocycles. The molecule has 5 heteroatoms. The minimum atomic E-state index is -0.729. The smallest absolute Gasteiger partial charge is 0.228 e. The van der Waals surface area contributed by atoms with Gasteiger partial charge in [0.05, 0.1) is 6.42 Å². The molecule has 0 aliphatic heterocycles. The van der Waals surface area contributed by atoms with Crippen molar-refractivity contribution in [2.45, 2.75) is 6.42 Å². The molecular formula is C14H12F2N2O. The Bertz CT molecular complexity index is 597. The first-order chi connectivity index (χ1) is 9.04. The number of nitrogens with one attached hydrogen (secondary N) is 1. The minimum absolute atomic E-state index is 0.148. The normalized spacial score (nSPS) is 10.2. The lowest BCUT2D eigenvalue weighted by Crippen LogP contribution is -2.15. The van der Waals surface area contributed by atoms with Crippen LogP contribution in [0.25, 0.3) is 0 Å². The molecule has 98 valence electrons. The largest absolute Gasteiger partial charge is 0.399 e. The summed E-state index contributed by atoms with van der Waals surface area (Å²) < 4.78 is 26.1. The Morgan fingerprint density at radius 1 is 1.11 bits per heavy atom. The van der Waals surface area contributed by atoms with E-state index in [2.05, 4.69) is 5.32 Å². The van der Waals surface area contributed by atoms with Gasteiger partial charge >= 0.3 is 0 Å². The van der Waals surface area contributed by atoms with Crippen LogP contribution in [0.3, 0.4) is 0 Å². The van der Waals surface area contributed by atoms with Crippen molar-refractivity contribution in [3.05, 3.63) is 59.7 Å². The third-order valence-corrected chi connectivity index (χ3v) is 2.56. The molecule has 0 fully saturated rings. The van der Waals surface area contributed by atoms with Gasteiger partial charge in [-0.05, 0) is 35.9 Å². The van der Waals surface area contributed by atoms with Gasteiger partial charge in [0.15, 0.2) is 0 Å². The zero-order valence-electron chi connectivity index (χ0n) is 9.99. The summed E-state index contributed by atoms with van der Waals surface area (Å²) in [7, 11) is 0. The maximum atomic E-state index is 13.4. The standard InChI is InChI=1S/C14H12F2N2O/c15-10-2-1-9(13(16)8-10)7-14(19)18-12-5-3-11(17)4-6-12/h1-6,8H,7,17H2,(H,18,19). The van der Waals surface area contributed by atoms with Crippen molar-refractivity contribution in [2.24, 2.45) is 0 Å². The lowest BCUT2D eigenvalue weighted by atomic mass is 10.1. The molecule has 3 N–H and O–H groups in total. The van der Waals surface area contributed by atoms with Crippen molar-refractivity contribution in [1.29, 1.82) is 0 Å². The zero-order chi connectivity index (χ0) is 13.8. The van der Waals surface area contributed by atoms with Gasteiger partial charge in [0.2, 0.25) is 5.91 Å². The van der Waals surface area contributed by atoms with Crippen LogP contribution in [0.4, 0.5) is 20.2 Å². The van der Waals surface area contributed by atoms with Crippen LogP contribution in [0.5, 0.6) is 0 Å². The molecule has 0 aromatic heterocycles. The number of nitrogen functional groups attached to an aromatic ring is 1. The van der Waals surface area contributed by atoms with Crippen molar-refractivity contribution in [3.8, 4) is 0 Å². The van der Waals surface area contributed by atoms with Crippen LogP contribution in [0.1, 0.15) is 5.56 Å². The molecule has 2 aromatic rings. The number of anilines is 2. The summed E-state index contributed by atoms with van der Waals surface area (Å²) in [6.07, 6.45) is -0.156. The number of amides is 1. The summed E-state index contributed by atoms with van der Waals surface area (Å²) in [4.78, 5) is 11.7. The topological polar surface area (TPSA) is 55.1 Å². The van der Waals surface area contributed by atoms with E-state index in [4.69, 9.17) is 5.73 Å². The fraction of sp³-hybridized carbons (Fsp3) is 0.0714. The second-order valence-electron chi connectivity index (χ2n) is 4.08. The number of hydrogen-bond donors (Lipinski definition) is 2. The maximum Gasteiger partial charge on any atom is 0.228 e. The Morgan fingerprint density at radius 2 is 1.79 bits per heavy atom. The number of halogens is 2. The van der Waals surface area contributed by atoms with Crippen molar-refractivity contribution in [2.75, 3.05) is 11.1 Å². The van der Waals surface area contributed by atoms with Crippen LogP contribution in [0.2, 0.25) is 0 Å². The molecule has 1 amide bonds. The molecule has 19 heavy (non-hydrogen) atoms. The highest BCUT2D eigenvalue weighted by Crippen LogP contribution is 2.13. The van der Waals surface area contributed by atoms with Gasteiger partial charge in [0.25, 0.3) is 0 Å². The van der Waals surface area contributed by atoms with Gasteiger partial charge in [-0.2, -0.15) is 0 Å². The maximum absolute atomic E-state index is 13.4. The van der Waals surface area contributed by atoms with Crippen molar-refractivity contribution < 1.29 is 13.6 Å². The molecule has 0 atom stereocenters. The summed E-state index contributed by atoms with van der Waals surface area (Å²) in [5.41, 5.74) is 6.82. The van der Waals surface area contributed by atoms with Gasteiger partial charge in [-0.1, -0.05) is 6.07 Å². The first kappa shape index (κ1) is 13.0. The van der Waals surface area contributed by atoms with E-state index >= 15 is 0 Å². The first-order valence-electron chi connectivity index (χ1n) is 5.64. The molecule has 0 radical (unpaired) electrons. The Labute approximate surface area is 109 Å². The number of benzene rings is 2. The third-order valence-electron chi connectivity index (χ3n) is 2.56. The van der Waals surface area contributed by atoms with Gasteiger partial charge in [-0.15, -0.1) is 0 Å². The Hall–Kier alpha value is -2.43. The predicted molar refractivity (Wildman–Crippen MR) is 69.5 cm³/mol. The summed E-state index contributed by atoms with van der Waals surface area (Å²) in [6, 6.07) is 9.72. The molecule has 0 unspecified atom stereocenters. The van der Waals surface area contributed by atoms with E-state index in [9.17, 15) is 13.6 Å². The molecule has 0 bridgehead atoms. The fourth-order valence-electron chi connectivity index (χ4n) is 1.61. The second-order valence-corrected chi connectivity index (χ2v) is 4.08. The highest BCUT2D eigenvalue weighted by Gasteiger charge is 2.09. The molecule has 2 aromatic carbocycles. The average Bonchev–Trinajstić information content (AvgIpc) is 2.36.